The molecule has 0 heterocycles. The fourth-order valence-electron chi connectivity index (χ4n) is 3.84. The molecule has 2 heteroatoms. The van der Waals surface area contributed by atoms with Crippen molar-refractivity contribution in [2.24, 2.45) is 0 Å². The molecule has 0 spiro atoms. The third kappa shape index (κ3) is 5.04. The first-order valence-corrected chi connectivity index (χ1v) is 10.6. The second-order valence-corrected chi connectivity index (χ2v) is 7.66. The normalized spacial score (nSPS) is 11.1. The monoisotopic (exact) mass is 404 g/mol. The molecule has 0 N–H and O–H groups in total. The summed E-state index contributed by atoms with van der Waals surface area (Å²) in [6, 6.07) is 32.6. The number of benzene rings is 4. The molecule has 4 aromatic carbocycles. The van der Waals surface area contributed by atoms with E-state index in [0.29, 0.717) is 6.54 Å². The molecule has 0 bridgehead atoms. The average Bonchev–Trinajstić information content (AvgIpc) is 2.82. The van der Waals surface area contributed by atoms with Gasteiger partial charge in [-0.1, -0.05) is 103 Å². The number of nitrogens with zero attached hydrogens (tertiary/aromatic N) is 1. The van der Waals surface area contributed by atoms with E-state index < -0.39 is 0 Å². The maximum Gasteiger partial charge on any atom is 0.419 e. The van der Waals surface area contributed by atoms with E-state index in [2.05, 4.69) is 61.3 Å². The molecular weight excluding hydrogens is 378 g/mol. The lowest BCUT2D eigenvalue weighted by atomic mass is 10.0. The van der Waals surface area contributed by atoms with Gasteiger partial charge in [0, 0.05) is 5.56 Å². The molecule has 152 valence electrons. The smallest absolute Gasteiger partial charge is 0.214 e. The topological polar surface area (TPSA) is 20.1 Å². The molecular formula is C29H26NO+. The molecule has 0 radical (unpaired) electrons. The number of carbonyl (C=O) groups is 1. The molecule has 31 heavy (non-hydrogen) atoms. The highest BCUT2D eigenvalue weighted by atomic mass is 16.2. The summed E-state index contributed by atoms with van der Waals surface area (Å²) in [4.78, 5) is 13.0. The molecule has 0 saturated heterocycles. The Labute approximate surface area is 183 Å². The Bertz CT molecular complexity index is 1230. The first kappa shape index (κ1) is 20.5. The van der Waals surface area contributed by atoms with Crippen LogP contribution in [0.15, 0.2) is 103 Å². The Morgan fingerprint density at radius 3 is 2.39 bits per heavy atom. The molecule has 0 aliphatic heterocycles. The standard InChI is InChI=1S/C29H26NO/c1-30(22-23-12-3-2-4-13-23)29(31)28-21-10-8-17-26(28)16-6-5-14-24-18-11-19-25-15-7-9-20-27(24)25/h2-5,7-15,17-21H,1,6,16,22H2/q+1/b14-5+. The first-order valence-electron chi connectivity index (χ1n) is 10.6. The quantitative estimate of drug-likeness (QED) is 0.253. The molecule has 0 aliphatic rings. The van der Waals surface area contributed by atoms with E-state index in [4.69, 9.17) is 0 Å². The van der Waals surface area contributed by atoms with Crippen LogP contribution in [0.25, 0.3) is 16.8 Å². The van der Waals surface area contributed by atoms with E-state index in [0.717, 1.165) is 29.5 Å². The van der Waals surface area contributed by atoms with Crippen LogP contribution in [0.4, 0.5) is 0 Å². The van der Waals surface area contributed by atoms with Gasteiger partial charge in [-0.2, -0.15) is 4.58 Å². The molecule has 2 nitrogen and oxygen atoms in total. The number of hydrogen-bond donors (Lipinski definition) is 0. The summed E-state index contributed by atoms with van der Waals surface area (Å²) in [7, 11) is 0. The molecule has 0 fully saturated rings. The Morgan fingerprint density at radius 2 is 1.52 bits per heavy atom. The minimum atomic E-state index is -0.0440. The van der Waals surface area contributed by atoms with Crippen molar-refractivity contribution in [3.63, 3.8) is 0 Å². The van der Waals surface area contributed by atoms with Gasteiger partial charge in [0.15, 0.2) is 6.54 Å². The van der Waals surface area contributed by atoms with E-state index in [1.165, 1.54) is 16.3 Å². The van der Waals surface area contributed by atoms with E-state index >= 15 is 0 Å². The largest absolute Gasteiger partial charge is 0.419 e. The average molecular weight is 405 g/mol. The van der Waals surface area contributed by atoms with Crippen LogP contribution >= 0.6 is 0 Å². The van der Waals surface area contributed by atoms with Gasteiger partial charge in [0.1, 0.15) is 6.72 Å². The Hall–Kier alpha value is -3.78. The predicted octanol–water partition coefficient (Wildman–Crippen LogP) is 6.54. The van der Waals surface area contributed by atoms with Crippen molar-refractivity contribution in [3.05, 3.63) is 125 Å². The predicted molar refractivity (Wildman–Crippen MR) is 130 cm³/mol. The second kappa shape index (κ2) is 9.82. The van der Waals surface area contributed by atoms with Crippen molar-refractivity contribution >= 4 is 29.5 Å². The minimum Gasteiger partial charge on any atom is -0.214 e. The van der Waals surface area contributed by atoms with E-state index in [-0.39, 0.29) is 5.91 Å². The summed E-state index contributed by atoms with van der Waals surface area (Å²) < 4.78 is 1.54. The molecule has 0 aromatic heterocycles. The maximum absolute atomic E-state index is 13.0. The first-order chi connectivity index (χ1) is 15.2. The maximum atomic E-state index is 13.0. The SMILES string of the molecule is C=[N+](Cc1ccccc1)C(=O)c1ccccc1CC/C=C/c1cccc2ccccc12. The number of carbonyl (C=O) groups excluding carboxylic acids is 1. The molecule has 0 saturated carbocycles. The van der Waals surface area contributed by atoms with Crippen LogP contribution in [-0.4, -0.2) is 17.2 Å². The number of rotatable bonds is 7. The van der Waals surface area contributed by atoms with Crippen LogP contribution in [0.2, 0.25) is 0 Å². The van der Waals surface area contributed by atoms with Gasteiger partial charge in [-0.25, -0.2) is 4.79 Å². The zero-order chi connectivity index (χ0) is 21.5. The van der Waals surface area contributed by atoms with Crippen LogP contribution in [0.1, 0.15) is 33.5 Å². The Kier molecular flexibility index (Phi) is 6.49. The second-order valence-electron chi connectivity index (χ2n) is 7.66. The van der Waals surface area contributed by atoms with Gasteiger partial charge >= 0.3 is 5.91 Å². The Morgan fingerprint density at radius 1 is 0.806 bits per heavy atom. The van der Waals surface area contributed by atoms with Crippen molar-refractivity contribution in [2.45, 2.75) is 19.4 Å². The zero-order valence-corrected chi connectivity index (χ0v) is 17.6. The summed E-state index contributed by atoms with van der Waals surface area (Å²) >= 11 is 0. The third-order valence-corrected chi connectivity index (χ3v) is 5.45. The van der Waals surface area contributed by atoms with Crippen LogP contribution < -0.4 is 0 Å². The number of aryl methyl sites for hydroxylation is 1. The summed E-state index contributed by atoms with van der Waals surface area (Å²) in [6.07, 6.45) is 6.04. The molecule has 4 aromatic rings. The Balaban J connectivity index is 1.44. The highest BCUT2D eigenvalue weighted by molar-refractivity contribution is 5.91. The number of fused-ring (bicyclic) bond motifs is 1. The van der Waals surface area contributed by atoms with E-state index in [1.807, 2.05) is 54.6 Å². The zero-order valence-electron chi connectivity index (χ0n) is 17.6. The summed E-state index contributed by atoms with van der Waals surface area (Å²) in [6.45, 7) is 4.48. The number of allylic oxidation sites excluding steroid dienone is 1. The summed E-state index contributed by atoms with van der Waals surface area (Å²) in [5, 5.41) is 2.50. The molecule has 0 unspecified atom stereocenters. The van der Waals surface area contributed by atoms with Crippen molar-refractivity contribution in [2.75, 3.05) is 0 Å². The van der Waals surface area contributed by atoms with Gasteiger partial charge in [0.05, 0.1) is 5.56 Å². The van der Waals surface area contributed by atoms with Crippen molar-refractivity contribution in [3.8, 4) is 0 Å². The third-order valence-electron chi connectivity index (χ3n) is 5.45. The van der Waals surface area contributed by atoms with Crippen LogP contribution in [0.5, 0.6) is 0 Å². The van der Waals surface area contributed by atoms with Gasteiger partial charge < -0.3 is 0 Å². The lowest BCUT2D eigenvalue weighted by Crippen LogP contribution is -2.20. The van der Waals surface area contributed by atoms with Crippen molar-refractivity contribution in [1.29, 1.82) is 0 Å². The van der Waals surface area contributed by atoms with Gasteiger partial charge in [-0.15, -0.1) is 0 Å². The van der Waals surface area contributed by atoms with E-state index in [1.54, 1.807) is 4.58 Å². The van der Waals surface area contributed by atoms with Crippen LogP contribution in [0, 0.1) is 0 Å². The molecule has 1 amide bonds. The molecule has 0 atom stereocenters. The molecule has 0 aliphatic carbocycles. The lowest BCUT2D eigenvalue weighted by molar-refractivity contribution is -0.436. The number of hydrogen-bond acceptors (Lipinski definition) is 1. The minimum absolute atomic E-state index is 0.0440. The fraction of sp³-hybridized carbons (Fsp3) is 0.103. The summed E-state index contributed by atoms with van der Waals surface area (Å²) in [5.41, 5.74) is 4.07. The highest BCUT2D eigenvalue weighted by Crippen LogP contribution is 2.20. The summed E-state index contributed by atoms with van der Waals surface area (Å²) in [5.74, 6) is -0.0440. The van der Waals surface area contributed by atoms with Crippen molar-refractivity contribution in [1.82, 2.24) is 0 Å². The van der Waals surface area contributed by atoms with Gasteiger partial charge in [0.2, 0.25) is 0 Å². The van der Waals surface area contributed by atoms with Gasteiger partial charge in [0.25, 0.3) is 0 Å². The fourth-order valence-corrected chi connectivity index (χ4v) is 3.84. The lowest BCUT2D eigenvalue weighted by Gasteiger charge is -2.06. The van der Waals surface area contributed by atoms with Crippen LogP contribution in [0.3, 0.4) is 0 Å². The van der Waals surface area contributed by atoms with Gasteiger partial charge in [-0.05, 0) is 40.8 Å². The van der Waals surface area contributed by atoms with Gasteiger partial charge in [-0.3, -0.25) is 0 Å². The molecule has 4 rings (SSSR count). The van der Waals surface area contributed by atoms with Crippen LogP contribution in [-0.2, 0) is 13.0 Å². The van der Waals surface area contributed by atoms with E-state index in [9.17, 15) is 4.79 Å². The van der Waals surface area contributed by atoms with Crippen molar-refractivity contribution < 1.29 is 9.37 Å². The number of amides is 1. The highest BCUT2D eigenvalue weighted by Gasteiger charge is 2.21.